The van der Waals surface area contributed by atoms with Gasteiger partial charge < -0.3 is 15.2 Å². The predicted octanol–water partition coefficient (Wildman–Crippen LogP) is 5.36. The maximum absolute atomic E-state index is 10.1. The van der Waals surface area contributed by atoms with Gasteiger partial charge in [-0.3, -0.25) is 4.98 Å². The van der Waals surface area contributed by atoms with Crippen molar-refractivity contribution in [2.75, 3.05) is 5.73 Å². The molecule has 0 saturated heterocycles. The van der Waals surface area contributed by atoms with Gasteiger partial charge in [-0.1, -0.05) is 23.7 Å². The van der Waals surface area contributed by atoms with Crippen LogP contribution in [0.2, 0.25) is 5.02 Å². The van der Waals surface area contributed by atoms with Crippen molar-refractivity contribution in [3.05, 3.63) is 90.0 Å². The molecule has 0 spiro atoms. The Kier molecular flexibility index (Phi) is 4.89. The average molecular weight is 482 g/mol. The van der Waals surface area contributed by atoms with E-state index in [4.69, 9.17) is 22.4 Å². The summed E-state index contributed by atoms with van der Waals surface area (Å²) in [5.74, 6) is 0.338. The number of phenolic OH excluding ortho intramolecular Hbond substituents is 1. The van der Waals surface area contributed by atoms with Gasteiger partial charge in [-0.2, -0.15) is 5.10 Å². The van der Waals surface area contributed by atoms with Crippen molar-refractivity contribution in [2.24, 2.45) is 0 Å². The van der Waals surface area contributed by atoms with Crippen molar-refractivity contribution in [3.8, 4) is 28.4 Å². The van der Waals surface area contributed by atoms with Crippen LogP contribution in [0.1, 0.15) is 18.5 Å². The van der Waals surface area contributed by atoms with E-state index in [0.717, 1.165) is 22.5 Å². The molecule has 172 valence electrons. The van der Waals surface area contributed by atoms with Crippen LogP contribution in [-0.2, 0) is 0 Å². The molecule has 8 nitrogen and oxygen atoms in total. The highest BCUT2D eigenvalue weighted by Crippen LogP contribution is 2.38. The number of nitrogens with two attached hydrogens (primary N) is 1. The summed E-state index contributed by atoms with van der Waals surface area (Å²) in [5.41, 5.74) is 11.9. The van der Waals surface area contributed by atoms with Gasteiger partial charge in [0.15, 0.2) is 5.65 Å². The highest BCUT2D eigenvalue weighted by atomic mass is 35.5. The second-order valence-corrected chi connectivity index (χ2v) is 8.72. The molecular formula is C26H20ClN7O. The van der Waals surface area contributed by atoms with E-state index in [2.05, 4.69) is 38.4 Å². The van der Waals surface area contributed by atoms with Crippen LogP contribution < -0.4 is 5.73 Å². The lowest BCUT2D eigenvalue weighted by Gasteiger charge is -2.15. The van der Waals surface area contributed by atoms with Gasteiger partial charge in [0.05, 0.1) is 22.8 Å². The van der Waals surface area contributed by atoms with Gasteiger partial charge in [-0.15, -0.1) is 0 Å². The van der Waals surface area contributed by atoms with Crippen molar-refractivity contribution in [1.82, 2.24) is 29.1 Å². The van der Waals surface area contributed by atoms with E-state index in [9.17, 15) is 5.11 Å². The highest BCUT2D eigenvalue weighted by Gasteiger charge is 2.25. The fraction of sp³-hybridized carbons (Fsp3) is 0.0769. The monoisotopic (exact) mass is 481 g/mol. The maximum atomic E-state index is 10.1. The molecule has 5 heterocycles. The Hall–Kier alpha value is -4.43. The Morgan fingerprint density at radius 1 is 1.00 bits per heavy atom. The molecule has 0 aliphatic carbocycles. The number of hydrogen-bond donors (Lipinski definition) is 2. The summed E-state index contributed by atoms with van der Waals surface area (Å²) in [6.07, 6.45) is 5.24. The Balaban J connectivity index is 1.61. The third kappa shape index (κ3) is 3.46. The third-order valence-electron chi connectivity index (χ3n) is 6.11. The fourth-order valence-electron chi connectivity index (χ4n) is 4.55. The first-order valence-electron chi connectivity index (χ1n) is 11.0. The number of benzene rings is 1. The second-order valence-electron chi connectivity index (χ2n) is 8.28. The Morgan fingerprint density at radius 3 is 2.66 bits per heavy atom. The summed E-state index contributed by atoms with van der Waals surface area (Å²) >= 11 is 6.22. The lowest BCUT2D eigenvalue weighted by Crippen LogP contribution is -2.10. The number of pyridine rings is 2. The van der Waals surface area contributed by atoms with Gasteiger partial charge in [-0.25, -0.2) is 14.6 Å². The van der Waals surface area contributed by atoms with Gasteiger partial charge >= 0.3 is 0 Å². The molecule has 0 bridgehead atoms. The third-order valence-corrected chi connectivity index (χ3v) is 6.33. The van der Waals surface area contributed by atoms with Crippen LogP contribution in [0.4, 0.5) is 5.82 Å². The van der Waals surface area contributed by atoms with E-state index in [1.165, 1.54) is 12.4 Å². The molecule has 0 aliphatic rings. The molecule has 0 fully saturated rings. The lowest BCUT2D eigenvalue weighted by atomic mass is 10.1. The van der Waals surface area contributed by atoms with Crippen molar-refractivity contribution < 1.29 is 5.11 Å². The number of hydrogen-bond acceptors (Lipinski definition) is 6. The molecule has 0 saturated carbocycles. The molecule has 0 radical (unpaired) electrons. The molecule has 5 aromatic heterocycles. The molecule has 9 heteroatoms. The zero-order valence-corrected chi connectivity index (χ0v) is 19.4. The summed E-state index contributed by atoms with van der Waals surface area (Å²) in [6, 6.07) is 18.6. The van der Waals surface area contributed by atoms with E-state index >= 15 is 0 Å². The molecule has 0 amide bonds. The van der Waals surface area contributed by atoms with Crippen LogP contribution in [0.25, 0.3) is 39.2 Å². The van der Waals surface area contributed by atoms with E-state index in [0.29, 0.717) is 33.1 Å². The van der Waals surface area contributed by atoms with E-state index in [1.807, 2.05) is 41.2 Å². The summed E-state index contributed by atoms with van der Waals surface area (Å²) in [6.45, 7) is 2.06. The largest absolute Gasteiger partial charge is 0.508 e. The Labute approximate surface area is 205 Å². The number of aromatic nitrogens is 6. The van der Waals surface area contributed by atoms with Crippen molar-refractivity contribution in [1.29, 1.82) is 0 Å². The molecule has 35 heavy (non-hydrogen) atoms. The summed E-state index contributed by atoms with van der Waals surface area (Å²) in [4.78, 5) is 13.3. The van der Waals surface area contributed by atoms with Crippen molar-refractivity contribution in [3.63, 3.8) is 0 Å². The number of anilines is 1. The first-order chi connectivity index (χ1) is 17.0. The highest BCUT2D eigenvalue weighted by molar-refractivity contribution is 6.31. The molecule has 0 aliphatic heterocycles. The standard InChI is InChI=1S/C26H20ClN7O/c1-15(20-13-18-6-3-5-9-33(18)24(20)21-7-2-4-8-29-21)34-26-22(25(28)30-14-31-26)23(32-34)16-10-17(27)12-19(35)11-16/h2-15,35H,1H3,(H2,28,30,31). The minimum Gasteiger partial charge on any atom is -0.508 e. The minimum atomic E-state index is -0.231. The number of halogens is 1. The fourth-order valence-corrected chi connectivity index (χ4v) is 4.78. The minimum absolute atomic E-state index is 0.0368. The van der Waals surface area contributed by atoms with E-state index < -0.39 is 0 Å². The molecular weight excluding hydrogens is 462 g/mol. The molecule has 3 N–H and O–H groups in total. The first-order valence-corrected chi connectivity index (χ1v) is 11.4. The lowest BCUT2D eigenvalue weighted by molar-refractivity contribution is 0.475. The molecule has 1 aromatic carbocycles. The van der Waals surface area contributed by atoms with Crippen LogP contribution in [-0.4, -0.2) is 34.2 Å². The average Bonchev–Trinajstić information content (AvgIpc) is 3.44. The summed E-state index contributed by atoms with van der Waals surface area (Å²) in [5, 5.41) is 16.1. The van der Waals surface area contributed by atoms with Crippen LogP contribution in [0.15, 0.2) is 79.4 Å². The number of rotatable bonds is 4. The summed E-state index contributed by atoms with van der Waals surface area (Å²) < 4.78 is 3.96. The number of aromatic hydroxyl groups is 1. The second kappa shape index (κ2) is 8.11. The molecule has 6 rings (SSSR count). The SMILES string of the molecule is CC(c1cc2ccccn2c1-c1ccccn1)n1nc(-c2cc(O)cc(Cl)c2)c2c(N)ncnc21. The molecule has 6 aromatic rings. The maximum Gasteiger partial charge on any atom is 0.164 e. The van der Waals surface area contributed by atoms with Crippen molar-refractivity contribution in [2.45, 2.75) is 13.0 Å². The first kappa shape index (κ1) is 21.1. The topological polar surface area (TPSA) is 107 Å². The zero-order chi connectivity index (χ0) is 24.1. The van der Waals surface area contributed by atoms with Gasteiger partial charge in [-0.05, 0) is 55.5 Å². The predicted molar refractivity (Wildman–Crippen MR) is 136 cm³/mol. The number of fused-ring (bicyclic) bond motifs is 2. The number of nitrogen functional groups attached to an aromatic ring is 1. The Bertz CT molecular complexity index is 1690. The quantitative estimate of drug-likeness (QED) is 0.351. The van der Waals surface area contributed by atoms with Gasteiger partial charge in [0.25, 0.3) is 0 Å². The zero-order valence-electron chi connectivity index (χ0n) is 18.7. The van der Waals surface area contributed by atoms with Crippen LogP contribution >= 0.6 is 11.6 Å². The smallest absolute Gasteiger partial charge is 0.164 e. The number of phenols is 1. The normalized spacial score (nSPS) is 12.4. The van der Waals surface area contributed by atoms with Gasteiger partial charge in [0, 0.05) is 34.1 Å². The Morgan fingerprint density at radius 2 is 1.86 bits per heavy atom. The van der Waals surface area contributed by atoms with Gasteiger partial charge in [0.2, 0.25) is 0 Å². The van der Waals surface area contributed by atoms with Crippen molar-refractivity contribution >= 4 is 34.0 Å². The molecule has 1 unspecified atom stereocenters. The van der Waals surface area contributed by atoms with Crippen LogP contribution in [0, 0.1) is 0 Å². The number of nitrogens with zero attached hydrogens (tertiary/aromatic N) is 6. The van der Waals surface area contributed by atoms with Crippen LogP contribution in [0.3, 0.4) is 0 Å². The molecule has 1 atom stereocenters. The van der Waals surface area contributed by atoms with Crippen LogP contribution in [0.5, 0.6) is 5.75 Å². The van der Waals surface area contributed by atoms with Gasteiger partial charge in [0.1, 0.15) is 23.6 Å². The van der Waals surface area contributed by atoms with E-state index in [-0.39, 0.29) is 11.8 Å². The van der Waals surface area contributed by atoms with E-state index in [1.54, 1.807) is 18.3 Å². The summed E-state index contributed by atoms with van der Waals surface area (Å²) in [7, 11) is 0.